The number of hydrogen-bond acceptors (Lipinski definition) is 5. The van der Waals surface area contributed by atoms with E-state index in [1.807, 2.05) is 0 Å². The average Bonchev–Trinajstić information content (AvgIpc) is 1.85. The number of rotatable bonds is 4. The second-order valence-corrected chi connectivity index (χ2v) is 3.39. The highest BCUT2D eigenvalue weighted by Gasteiger charge is 1.92. The van der Waals surface area contributed by atoms with Crippen molar-refractivity contribution in [1.29, 1.82) is 10.8 Å². The van der Waals surface area contributed by atoms with Crippen molar-refractivity contribution in [2.45, 2.75) is 0 Å². The lowest BCUT2D eigenvalue weighted by Gasteiger charge is -2.00. The van der Waals surface area contributed by atoms with Crippen molar-refractivity contribution in [2.24, 2.45) is 11.5 Å². The number of ether oxygens (including phenoxy) is 1. The van der Waals surface area contributed by atoms with E-state index in [1.54, 1.807) is 0 Å². The first-order valence-electron chi connectivity index (χ1n) is 2.64. The number of nitrogens with one attached hydrogen (secondary N) is 2. The SMILES string of the molecule is Cl.Cl.N=C(N)SCOCSC(=N)N. The lowest BCUT2D eigenvalue weighted by molar-refractivity contribution is 0.242. The van der Waals surface area contributed by atoms with Crippen molar-refractivity contribution in [3.8, 4) is 0 Å². The Bertz CT molecular complexity index is 143. The van der Waals surface area contributed by atoms with Crippen LogP contribution in [0.5, 0.6) is 0 Å². The van der Waals surface area contributed by atoms with Crippen LogP contribution in [0.15, 0.2) is 0 Å². The molecule has 0 aliphatic carbocycles. The maximum Gasteiger partial charge on any atom is 0.153 e. The molecule has 0 aromatic rings. The molecule has 0 unspecified atom stereocenters. The van der Waals surface area contributed by atoms with Gasteiger partial charge in [-0.3, -0.25) is 10.8 Å². The van der Waals surface area contributed by atoms with Gasteiger partial charge in [-0.2, -0.15) is 0 Å². The summed E-state index contributed by atoms with van der Waals surface area (Å²) in [5.74, 6) is 0.658. The average molecular weight is 267 g/mol. The molecular formula is C4H12Cl2N4OS2. The highest BCUT2D eigenvalue weighted by molar-refractivity contribution is 8.14. The predicted octanol–water partition coefficient (Wildman–Crippen LogP) is 1.01. The topological polar surface area (TPSA) is 109 Å². The molecular weight excluding hydrogens is 255 g/mol. The monoisotopic (exact) mass is 266 g/mol. The van der Waals surface area contributed by atoms with E-state index in [4.69, 9.17) is 27.0 Å². The predicted molar refractivity (Wildman–Crippen MR) is 64.3 cm³/mol. The molecule has 0 heterocycles. The van der Waals surface area contributed by atoms with Crippen LogP contribution >= 0.6 is 48.3 Å². The van der Waals surface area contributed by atoms with Crippen molar-refractivity contribution >= 4 is 58.7 Å². The second kappa shape index (κ2) is 12.2. The van der Waals surface area contributed by atoms with Crippen LogP contribution < -0.4 is 11.5 Å². The number of amidine groups is 2. The molecule has 0 aliphatic heterocycles. The van der Waals surface area contributed by atoms with Gasteiger partial charge in [0.25, 0.3) is 0 Å². The Hall–Kier alpha value is 0.180. The van der Waals surface area contributed by atoms with Crippen LogP contribution in [0.2, 0.25) is 0 Å². The van der Waals surface area contributed by atoms with Gasteiger partial charge in [0, 0.05) is 0 Å². The normalized spacial score (nSPS) is 8.00. The summed E-state index contributed by atoms with van der Waals surface area (Å²) in [6.45, 7) is 0. The second-order valence-electron chi connectivity index (χ2n) is 1.46. The molecule has 5 nitrogen and oxygen atoms in total. The standard InChI is InChI=1S/C4H10N4OS2.2ClH/c5-3(6)10-1-9-2-11-4(7)8;;/h1-2H2,(H3,5,6)(H3,7,8);2*1H. The van der Waals surface area contributed by atoms with E-state index in [9.17, 15) is 0 Å². The van der Waals surface area contributed by atoms with Crippen molar-refractivity contribution < 1.29 is 4.74 Å². The van der Waals surface area contributed by atoms with Gasteiger partial charge in [-0.15, -0.1) is 24.8 Å². The molecule has 80 valence electrons. The number of nitrogens with two attached hydrogens (primary N) is 2. The summed E-state index contributed by atoms with van der Waals surface area (Å²) in [5.41, 5.74) is 10.1. The Morgan fingerprint density at radius 1 is 1.00 bits per heavy atom. The summed E-state index contributed by atoms with van der Waals surface area (Å²) in [5, 5.41) is 13.7. The van der Waals surface area contributed by atoms with Gasteiger partial charge in [-0.1, -0.05) is 23.5 Å². The molecule has 6 N–H and O–H groups in total. The number of thioether (sulfide) groups is 2. The summed E-state index contributed by atoms with van der Waals surface area (Å²) < 4.78 is 4.94. The number of halogens is 2. The molecule has 0 amide bonds. The first-order chi connectivity index (χ1) is 5.13. The molecule has 0 aromatic carbocycles. The van der Waals surface area contributed by atoms with Crippen molar-refractivity contribution in [1.82, 2.24) is 0 Å². The Labute approximate surface area is 97.6 Å². The fraction of sp³-hybridized carbons (Fsp3) is 0.500. The molecule has 13 heavy (non-hydrogen) atoms. The van der Waals surface area contributed by atoms with Crippen LogP contribution in [0, 0.1) is 10.8 Å². The molecule has 0 bridgehead atoms. The van der Waals surface area contributed by atoms with Crippen LogP contribution in [0.1, 0.15) is 0 Å². The highest BCUT2D eigenvalue weighted by Crippen LogP contribution is 2.03. The van der Waals surface area contributed by atoms with Gasteiger partial charge in [0.05, 0.1) is 0 Å². The van der Waals surface area contributed by atoms with Crippen LogP contribution in [-0.2, 0) is 4.74 Å². The Morgan fingerprint density at radius 3 is 1.54 bits per heavy atom. The first kappa shape index (κ1) is 18.9. The summed E-state index contributed by atoms with van der Waals surface area (Å²) in [6, 6.07) is 0. The summed E-state index contributed by atoms with van der Waals surface area (Å²) >= 11 is 2.19. The van der Waals surface area contributed by atoms with Gasteiger partial charge in [-0.25, -0.2) is 0 Å². The molecule has 0 aromatic heterocycles. The minimum absolute atomic E-state index is 0. The van der Waals surface area contributed by atoms with Gasteiger partial charge in [0.2, 0.25) is 0 Å². The highest BCUT2D eigenvalue weighted by atomic mass is 35.5. The van der Waals surface area contributed by atoms with Gasteiger partial charge >= 0.3 is 0 Å². The van der Waals surface area contributed by atoms with Crippen LogP contribution in [-0.4, -0.2) is 22.2 Å². The van der Waals surface area contributed by atoms with Crippen LogP contribution in [0.25, 0.3) is 0 Å². The first-order valence-corrected chi connectivity index (χ1v) is 4.61. The van der Waals surface area contributed by atoms with E-state index in [0.29, 0.717) is 11.9 Å². The molecule has 0 radical (unpaired) electrons. The van der Waals surface area contributed by atoms with Crippen molar-refractivity contribution in [3.63, 3.8) is 0 Å². The van der Waals surface area contributed by atoms with E-state index < -0.39 is 0 Å². The Kier molecular flexibility index (Phi) is 17.7. The van der Waals surface area contributed by atoms with Crippen LogP contribution in [0.4, 0.5) is 0 Å². The number of hydrogen-bond donors (Lipinski definition) is 4. The third-order valence-corrected chi connectivity index (χ3v) is 1.79. The summed E-state index contributed by atoms with van der Waals surface area (Å²) in [7, 11) is 0. The lowest BCUT2D eigenvalue weighted by Crippen LogP contribution is -2.08. The van der Waals surface area contributed by atoms with Gasteiger partial charge in [0.15, 0.2) is 10.3 Å². The summed E-state index contributed by atoms with van der Waals surface area (Å²) in [6.07, 6.45) is 0. The molecule has 0 rings (SSSR count). The van der Waals surface area contributed by atoms with Gasteiger partial charge in [0.1, 0.15) is 11.9 Å². The van der Waals surface area contributed by atoms with E-state index in [1.165, 1.54) is 0 Å². The minimum Gasteiger partial charge on any atom is -0.379 e. The fourth-order valence-corrected chi connectivity index (χ4v) is 0.937. The molecule has 0 atom stereocenters. The Morgan fingerprint density at radius 2 is 1.31 bits per heavy atom. The zero-order valence-corrected chi connectivity index (χ0v) is 9.88. The van der Waals surface area contributed by atoms with Gasteiger partial charge < -0.3 is 16.2 Å². The fourth-order valence-electron chi connectivity index (χ4n) is 0.244. The smallest absolute Gasteiger partial charge is 0.153 e. The Balaban J connectivity index is -0.000000500. The molecule has 0 fully saturated rings. The van der Waals surface area contributed by atoms with E-state index >= 15 is 0 Å². The molecule has 0 saturated carbocycles. The molecule has 0 spiro atoms. The molecule has 9 heteroatoms. The maximum atomic E-state index is 6.80. The quantitative estimate of drug-likeness (QED) is 0.263. The van der Waals surface area contributed by atoms with Crippen LogP contribution in [0.3, 0.4) is 0 Å². The third-order valence-electron chi connectivity index (χ3n) is 0.596. The zero-order valence-electron chi connectivity index (χ0n) is 6.61. The summed E-state index contributed by atoms with van der Waals surface area (Å²) in [4.78, 5) is 0. The lowest BCUT2D eigenvalue weighted by atomic mass is 11.4. The zero-order chi connectivity index (χ0) is 8.69. The van der Waals surface area contributed by atoms with E-state index in [0.717, 1.165) is 23.5 Å². The molecule has 0 aliphatic rings. The molecule has 0 saturated heterocycles. The van der Waals surface area contributed by atoms with E-state index in [-0.39, 0.29) is 35.1 Å². The van der Waals surface area contributed by atoms with E-state index in [2.05, 4.69) is 0 Å². The minimum atomic E-state index is 0. The van der Waals surface area contributed by atoms with Gasteiger partial charge in [-0.05, 0) is 0 Å². The van der Waals surface area contributed by atoms with Crippen molar-refractivity contribution in [2.75, 3.05) is 11.9 Å². The maximum absolute atomic E-state index is 6.80. The third kappa shape index (κ3) is 18.9. The largest absolute Gasteiger partial charge is 0.379 e. The van der Waals surface area contributed by atoms with Crippen molar-refractivity contribution in [3.05, 3.63) is 0 Å².